The number of amides is 1. The molecule has 0 spiro atoms. The molecule has 1 aliphatic rings. The van der Waals surface area contributed by atoms with E-state index in [0.29, 0.717) is 32.5 Å². The Hall–Kier alpha value is -1.30. The maximum absolute atomic E-state index is 11.8. The molecule has 1 aliphatic carbocycles. The van der Waals surface area contributed by atoms with Crippen molar-refractivity contribution in [3.8, 4) is 0 Å². The van der Waals surface area contributed by atoms with E-state index in [2.05, 4.69) is 0 Å². The Bertz CT molecular complexity index is 372. The van der Waals surface area contributed by atoms with Crippen LogP contribution in [0.5, 0.6) is 0 Å². The SMILES string of the molecule is CCN(CCN(C)C(=O)OC(C)(C)C)C1(C(=O)O)CC1. The van der Waals surface area contributed by atoms with Gasteiger partial charge in [0.25, 0.3) is 0 Å². The molecular weight excluding hydrogens is 260 g/mol. The molecule has 1 fully saturated rings. The van der Waals surface area contributed by atoms with E-state index in [-0.39, 0.29) is 6.09 Å². The number of ether oxygens (including phenoxy) is 1. The quantitative estimate of drug-likeness (QED) is 0.806. The minimum Gasteiger partial charge on any atom is -0.480 e. The fourth-order valence-electron chi connectivity index (χ4n) is 2.16. The molecule has 1 rings (SSSR count). The van der Waals surface area contributed by atoms with Crippen LogP contribution in [-0.2, 0) is 9.53 Å². The summed E-state index contributed by atoms with van der Waals surface area (Å²) >= 11 is 0. The third kappa shape index (κ3) is 4.10. The average molecular weight is 286 g/mol. The van der Waals surface area contributed by atoms with E-state index < -0.39 is 17.1 Å². The van der Waals surface area contributed by atoms with Crippen molar-refractivity contribution in [2.45, 2.75) is 51.7 Å². The predicted octanol–water partition coefficient (Wildman–Crippen LogP) is 1.79. The van der Waals surface area contributed by atoms with Crippen molar-refractivity contribution in [2.24, 2.45) is 0 Å². The number of carbonyl (C=O) groups excluding carboxylic acids is 1. The molecule has 6 heteroatoms. The first kappa shape index (κ1) is 16.8. The number of hydrogen-bond acceptors (Lipinski definition) is 4. The van der Waals surface area contributed by atoms with Crippen LogP contribution in [0.15, 0.2) is 0 Å². The molecule has 1 amide bonds. The Morgan fingerprint density at radius 3 is 2.15 bits per heavy atom. The molecule has 0 heterocycles. The van der Waals surface area contributed by atoms with Gasteiger partial charge in [-0.25, -0.2) is 4.79 Å². The van der Waals surface area contributed by atoms with Crippen molar-refractivity contribution in [3.05, 3.63) is 0 Å². The lowest BCUT2D eigenvalue weighted by molar-refractivity contribution is -0.145. The molecule has 6 nitrogen and oxygen atoms in total. The van der Waals surface area contributed by atoms with E-state index in [4.69, 9.17) is 4.74 Å². The zero-order chi connectivity index (χ0) is 15.6. The zero-order valence-corrected chi connectivity index (χ0v) is 13.1. The summed E-state index contributed by atoms with van der Waals surface area (Å²) in [5.41, 5.74) is -1.22. The highest BCUT2D eigenvalue weighted by molar-refractivity contribution is 5.82. The topological polar surface area (TPSA) is 70.1 Å². The average Bonchev–Trinajstić information content (AvgIpc) is 3.08. The number of carboxylic acid groups (broad SMARTS) is 1. The summed E-state index contributed by atoms with van der Waals surface area (Å²) in [5, 5.41) is 9.29. The number of aliphatic carboxylic acids is 1. The summed E-state index contributed by atoms with van der Waals surface area (Å²) < 4.78 is 5.27. The van der Waals surface area contributed by atoms with Gasteiger partial charge >= 0.3 is 12.1 Å². The monoisotopic (exact) mass is 286 g/mol. The van der Waals surface area contributed by atoms with Gasteiger partial charge in [0.05, 0.1) is 0 Å². The number of likely N-dealkylation sites (N-methyl/N-ethyl adjacent to an activating group) is 2. The summed E-state index contributed by atoms with van der Waals surface area (Å²) in [6, 6.07) is 0. The molecule has 116 valence electrons. The molecule has 0 atom stereocenters. The molecule has 0 aliphatic heterocycles. The van der Waals surface area contributed by atoms with Crippen LogP contribution < -0.4 is 0 Å². The van der Waals surface area contributed by atoms with E-state index in [1.54, 1.807) is 7.05 Å². The zero-order valence-electron chi connectivity index (χ0n) is 13.1. The lowest BCUT2D eigenvalue weighted by atomic mass is 10.2. The van der Waals surface area contributed by atoms with Crippen LogP contribution in [0.2, 0.25) is 0 Å². The second-order valence-electron chi connectivity index (χ2n) is 6.32. The predicted molar refractivity (Wildman–Crippen MR) is 75.7 cm³/mol. The van der Waals surface area contributed by atoms with Crippen molar-refractivity contribution in [3.63, 3.8) is 0 Å². The lowest BCUT2D eigenvalue weighted by Crippen LogP contribution is -2.47. The molecule has 0 bridgehead atoms. The summed E-state index contributed by atoms with van der Waals surface area (Å²) in [6.07, 6.45) is 0.993. The second-order valence-corrected chi connectivity index (χ2v) is 6.32. The van der Waals surface area contributed by atoms with Crippen LogP contribution in [0.4, 0.5) is 4.79 Å². The highest BCUT2D eigenvalue weighted by Gasteiger charge is 2.54. The van der Waals surface area contributed by atoms with E-state index in [1.165, 1.54) is 4.90 Å². The Kier molecular flexibility index (Phi) is 5.02. The van der Waals surface area contributed by atoms with Crippen LogP contribution in [0.3, 0.4) is 0 Å². The van der Waals surface area contributed by atoms with Crippen molar-refractivity contribution in [1.82, 2.24) is 9.80 Å². The molecule has 20 heavy (non-hydrogen) atoms. The minimum atomic E-state index is -0.765. The minimum absolute atomic E-state index is 0.381. The maximum atomic E-state index is 11.8. The van der Waals surface area contributed by atoms with Crippen LogP contribution >= 0.6 is 0 Å². The molecule has 0 aromatic carbocycles. The van der Waals surface area contributed by atoms with Gasteiger partial charge in [0.1, 0.15) is 11.1 Å². The van der Waals surface area contributed by atoms with Crippen molar-refractivity contribution >= 4 is 12.1 Å². The molecule has 0 aromatic heterocycles. The molecule has 1 N–H and O–H groups in total. The third-order valence-electron chi connectivity index (χ3n) is 3.52. The Morgan fingerprint density at radius 2 is 1.80 bits per heavy atom. The van der Waals surface area contributed by atoms with Gasteiger partial charge in [0.15, 0.2) is 0 Å². The summed E-state index contributed by atoms with van der Waals surface area (Å²) in [7, 11) is 1.67. The van der Waals surface area contributed by atoms with Crippen LogP contribution in [0, 0.1) is 0 Å². The highest BCUT2D eigenvalue weighted by atomic mass is 16.6. The normalized spacial score (nSPS) is 16.9. The van der Waals surface area contributed by atoms with Gasteiger partial charge in [-0.05, 0) is 40.2 Å². The van der Waals surface area contributed by atoms with Gasteiger partial charge in [-0.2, -0.15) is 0 Å². The van der Waals surface area contributed by atoms with Gasteiger partial charge in [-0.1, -0.05) is 6.92 Å². The molecule has 0 aromatic rings. The number of carboxylic acids is 1. The fourth-order valence-corrected chi connectivity index (χ4v) is 2.16. The van der Waals surface area contributed by atoms with Crippen LogP contribution in [0.1, 0.15) is 40.5 Å². The van der Waals surface area contributed by atoms with E-state index in [1.807, 2.05) is 32.6 Å². The largest absolute Gasteiger partial charge is 0.480 e. The summed E-state index contributed by atoms with van der Waals surface area (Å²) in [4.78, 5) is 26.5. The van der Waals surface area contributed by atoms with Gasteiger partial charge in [0, 0.05) is 20.1 Å². The number of hydrogen-bond donors (Lipinski definition) is 1. The summed E-state index contributed by atoms with van der Waals surface area (Å²) in [6.45, 7) is 9.06. The van der Waals surface area contributed by atoms with Crippen molar-refractivity contribution in [1.29, 1.82) is 0 Å². The smallest absolute Gasteiger partial charge is 0.410 e. The first-order valence-electron chi connectivity index (χ1n) is 7.05. The van der Waals surface area contributed by atoms with Crippen LogP contribution in [0.25, 0.3) is 0 Å². The number of nitrogens with zero attached hydrogens (tertiary/aromatic N) is 2. The van der Waals surface area contributed by atoms with Gasteiger partial charge in [-0.15, -0.1) is 0 Å². The molecule has 0 unspecified atom stereocenters. The van der Waals surface area contributed by atoms with E-state index in [9.17, 15) is 14.7 Å². The Balaban J connectivity index is 2.49. The number of carbonyl (C=O) groups is 2. The Morgan fingerprint density at radius 1 is 1.25 bits per heavy atom. The fraction of sp³-hybridized carbons (Fsp3) is 0.857. The molecule has 1 saturated carbocycles. The third-order valence-corrected chi connectivity index (χ3v) is 3.52. The van der Waals surface area contributed by atoms with Crippen molar-refractivity contribution < 1.29 is 19.4 Å². The van der Waals surface area contributed by atoms with Crippen molar-refractivity contribution in [2.75, 3.05) is 26.7 Å². The summed E-state index contributed by atoms with van der Waals surface area (Å²) in [5.74, 6) is -0.765. The molecule has 0 radical (unpaired) electrons. The standard InChI is InChI=1S/C14H26N2O4/c1-6-16(14(7-8-14)11(17)18)10-9-15(5)12(19)20-13(2,3)4/h6-10H2,1-5H3,(H,17,18). The Labute approximate surface area is 120 Å². The van der Waals surface area contributed by atoms with Gasteiger partial charge in [0.2, 0.25) is 0 Å². The van der Waals surface area contributed by atoms with E-state index in [0.717, 1.165) is 0 Å². The molecule has 0 saturated heterocycles. The first-order chi connectivity index (χ1) is 9.12. The first-order valence-corrected chi connectivity index (χ1v) is 7.05. The maximum Gasteiger partial charge on any atom is 0.410 e. The van der Waals surface area contributed by atoms with Gasteiger partial charge in [-0.3, -0.25) is 9.69 Å². The van der Waals surface area contributed by atoms with E-state index >= 15 is 0 Å². The van der Waals surface area contributed by atoms with Crippen LogP contribution in [-0.4, -0.2) is 64.8 Å². The molecular formula is C14H26N2O4. The lowest BCUT2D eigenvalue weighted by Gasteiger charge is -2.30. The highest BCUT2D eigenvalue weighted by Crippen LogP contribution is 2.41. The second kappa shape index (κ2) is 5.99. The number of rotatable bonds is 6. The van der Waals surface area contributed by atoms with Gasteiger partial charge < -0.3 is 14.7 Å².